The average Bonchev–Trinajstić information content (AvgIpc) is 2.62. The van der Waals surface area contributed by atoms with Crippen molar-refractivity contribution in [1.29, 1.82) is 0 Å². The Morgan fingerprint density at radius 2 is 1.84 bits per heavy atom. The summed E-state index contributed by atoms with van der Waals surface area (Å²) in [4.78, 5) is 14.4. The highest BCUT2D eigenvalue weighted by Crippen LogP contribution is 2.21. The van der Waals surface area contributed by atoms with Gasteiger partial charge in [0.25, 0.3) is 5.91 Å². The van der Waals surface area contributed by atoms with Gasteiger partial charge < -0.3 is 15.0 Å². The Morgan fingerprint density at radius 1 is 1.12 bits per heavy atom. The second-order valence-electron chi connectivity index (χ2n) is 6.36. The molecule has 0 aliphatic rings. The maximum absolute atomic E-state index is 12.2. The van der Waals surface area contributed by atoms with E-state index in [9.17, 15) is 4.79 Å². The Bertz CT molecular complexity index is 686. The van der Waals surface area contributed by atoms with E-state index in [1.807, 2.05) is 50.2 Å². The highest BCUT2D eigenvalue weighted by atomic mass is 16.5. The lowest BCUT2D eigenvalue weighted by Gasteiger charge is -2.20. The zero-order valence-corrected chi connectivity index (χ0v) is 15.6. The number of benzene rings is 2. The number of aryl methyl sites for hydroxylation is 1. The fourth-order valence-electron chi connectivity index (χ4n) is 2.58. The molecular weight excluding hydrogens is 312 g/mol. The molecule has 0 aromatic heterocycles. The van der Waals surface area contributed by atoms with Gasteiger partial charge in [0.2, 0.25) is 0 Å². The van der Waals surface area contributed by atoms with Crippen molar-refractivity contribution in [3.05, 3.63) is 59.7 Å². The largest absolute Gasteiger partial charge is 0.481 e. The molecule has 0 radical (unpaired) electrons. The van der Waals surface area contributed by atoms with Gasteiger partial charge in [0.1, 0.15) is 5.75 Å². The van der Waals surface area contributed by atoms with E-state index in [0.717, 1.165) is 29.8 Å². The molecule has 0 spiro atoms. The molecule has 2 aromatic rings. The Morgan fingerprint density at radius 3 is 2.56 bits per heavy atom. The smallest absolute Gasteiger partial charge is 0.260 e. The fourth-order valence-corrected chi connectivity index (χ4v) is 2.58. The standard InChI is InChI=1S/C21H28N2O2/c1-16-10-8-13-20(17(16)2)25-18(3)21(24)22-14-9-15-23(4)19-11-6-5-7-12-19/h5-8,10-13,18H,9,14-15H2,1-4H3,(H,22,24). The van der Waals surface area contributed by atoms with E-state index in [0.29, 0.717) is 6.54 Å². The molecule has 1 unspecified atom stereocenters. The first kappa shape index (κ1) is 18.8. The summed E-state index contributed by atoms with van der Waals surface area (Å²) < 4.78 is 5.81. The highest BCUT2D eigenvalue weighted by Gasteiger charge is 2.15. The summed E-state index contributed by atoms with van der Waals surface area (Å²) in [7, 11) is 2.06. The van der Waals surface area contributed by atoms with Crippen molar-refractivity contribution in [1.82, 2.24) is 5.32 Å². The third-order valence-corrected chi connectivity index (χ3v) is 4.39. The van der Waals surface area contributed by atoms with Crippen LogP contribution >= 0.6 is 0 Å². The Hall–Kier alpha value is -2.49. The summed E-state index contributed by atoms with van der Waals surface area (Å²) in [5.41, 5.74) is 3.42. The van der Waals surface area contributed by atoms with Crippen LogP contribution in [-0.4, -0.2) is 32.1 Å². The van der Waals surface area contributed by atoms with Crippen LogP contribution in [0.5, 0.6) is 5.75 Å². The van der Waals surface area contributed by atoms with Gasteiger partial charge in [-0.1, -0.05) is 30.3 Å². The van der Waals surface area contributed by atoms with E-state index in [4.69, 9.17) is 4.74 Å². The van der Waals surface area contributed by atoms with E-state index in [2.05, 4.69) is 29.4 Å². The number of nitrogens with one attached hydrogen (secondary N) is 1. The molecule has 0 aliphatic carbocycles. The Balaban J connectivity index is 1.73. The molecule has 4 nitrogen and oxygen atoms in total. The minimum atomic E-state index is -0.507. The first-order valence-corrected chi connectivity index (χ1v) is 8.76. The van der Waals surface area contributed by atoms with Gasteiger partial charge in [-0.05, 0) is 56.5 Å². The van der Waals surface area contributed by atoms with E-state index in [-0.39, 0.29) is 5.91 Å². The van der Waals surface area contributed by atoms with Crippen molar-refractivity contribution >= 4 is 11.6 Å². The van der Waals surface area contributed by atoms with E-state index in [1.165, 1.54) is 5.69 Å². The van der Waals surface area contributed by atoms with E-state index < -0.39 is 6.10 Å². The number of para-hydroxylation sites is 1. The first-order valence-electron chi connectivity index (χ1n) is 8.76. The molecule has 0 bridgehead atoms. The molecule has 1 N–H and O–H groups in total. The van der Waals surface area contributed by atoms with Crippen molar-refractivity contribution < 1.29 is 9.53 Å². The summed E-state index contributed by atoms with van der Waals surface area (Å²) in [6, 6.07) is 16.1. The molecule has 134 valence electrons. The van der Waals surface area contributed by atoms with Gasteiger partial charge in [0.15, 0.2) is 6.10 Å². The van der Waals surface area contributed by atoms with Gasteiger partial charge in [0.05, 0.1) is 0 Å². The Kier molecular flexibility index (Phi) is 6.87. The molecule has 1 amide bonds. The molecule has 25 heavy (non-hydrogen) atoms. The number of hydrogen-bond donors (Lipinski definition) is 1. The molecule has 4 heteroatoms. The van der Waals surface area contributed by atoms with Crippen LogP contribution < -0.4 is 15.0 Å². The van der Waals surface area contributed by atoms with Crippen molar-refractivity contribution in [2.24, 2.45) is 0 Å². The average molecular weight is 340 g/mol. The number of rotatable bonds is 8. The van der Waals surface area contributed by atoms with Gasteiger partial charge in [-0.3, -0.25) is 4.79 Å². The highest BCUT2D eigenvalue weighted by molar-refractivity contribution is 5.80. The lowest BCUT2D eigenvalue weighted by Crippen LogP contribution is -2.37. The number of hydrogen-bond acceptors (Lipinski definition) is 3. The maximum Gasteiger partial charge on any atom is 0.260 e. The van der Waals surface area contributed by atoms with Gasteiger partial charge in [0, 0.05) is 25.8 Å². The van der Waals surface area contributed by atoms with Crippen LogP contribution in [0.3, 0.4) is 0 Å². The molecule has 0 heterocycles. The van der Waals surface area contributed by atoms with E-state index >= 15 is 0 Å². The van der Waals surface area contributed by atoms with Gasteiger partial charge in [-0.15, -0.1) is 0 Å². The minimum Gasteiger partial charge on any atom is -0.481 e. The van der Waals surface area contributed by atoms with Crippen molar-refractivity contribution in [3.63, 3.8) is 0 Å². The normalized spacial score (nSPS) is 11.7. The van der Waals surface area contributed by atoms with Gasteiger partial charge in [-0.2, -0.15) is 0 Å². The third kappa shape index (κ3) is 5.52. The van der Waals surface area contributed by atoms with Crippen molar-refractivity contribution in [3.8, 4) is 5.75 Å². The lowest BCUT2D eigenvalue weighted by molar-refractivity contribution is -0.127. The number of amides is 1. The second kappa shape index (κ2) is 9.11. The monoisotopic (exact) mass is 340 g/mol. The van der Waals surface area contributed by atoms with Crippen LogP contribution in [0.1, 0.15) is 24.5 Å². The quantitative estimate of drug-likeness (QED) is 0.745. The van der Waals surface area contributed by atoms with Gasteiger partial charge >= 0.3 is 0 Å². The topological polar surface area (TPSA) is 41.6 Å². The summed E-state index contributed by atoms with van der Waals surface area (Å²) in [5, 5.41) is 2.95. The number of ether oxygens (including phenoxy) is 1. The molecule has 0 saturated carbocycles. The third-order valence-electron chi connectivity index (χ3n) is 4.39. The number of nitrogens with zero attached hydrogens (tertiary/aromatic N) is 1. The van der Waals surface area contributed by atoms with Crippen molar-refractivity contribution in [2.45, 2.75) is 33.3 Å². The van der Waals surface area contributed by atoms with Crippen LogP contribution in [0.2, 0.25) is 0 Å². The lowest BCUT2D eigenvalue weighted by atomic mass is 10.1. The van der Waals surface area contributed by atoms with Gasteiger partial charge in [-0.25, -0.2) is 0 Å². The van der Waals surface area contributed by atoms with Crippen LogP contribution in [-0.2, 0) is 4.79 Å². The number of anilines is 1. The molecule has 0 saturated heterocycles. The summed E-state index contributed by atoms with van der Waals surface area (Å²) in [6.45, 7) is 7.35. The molecular formula is C21H28N2O2. The van der Waals surface area contributed by atoms with Crippen LogP contribution in [0.15, 0.2) is 48.5 Å². The van der Waals surface area contributed by atoms with Crippen LogP contribution in [0, 0.1) is 13.8 Å². The summed E-state index contributed by atoms with van der Waals surface area (Å²) >= 11 is 0. The number of carbonyl (C=O) groups excluding carboxylic acids is 1. The predicted octanol–water partition coefficient (Wildman–Crippen LogP) is 3.71. The molecule has 0 aliphatic heterocycles. The maximum atomic E-state index is 12.2. The zero-order valence-electron chi connectivity index (χ0n) is 15.6. The second-order valence-corrected chi connectivity index (χ2v) is 6.36. The molecule has 0 fully saturated rings. The Labute approximate surface area is 150 Å². The predicted molar refractivity (Wildman–Crippen MR) is 103 cm³/mol. The van der Waals surface area contributed by atoms with E-state index in [1.54, 1.807) is 6.92 Å². The number of carbonyl (C=O) groups is 1. The zero-order chi connectivity index (χ0) is 18.2. The fraction of sp³-hybridized carbons (Fsp3) is 0.381. The summed E-state index contributed by atoms with van der Waals surface area (Å²) in [6.07, 6.45) is 0.375. The SMILES string of the molecule is Cc1cccc(OC(C)C(=O)NCCCN(C)c2ccccc2)c1C. The first-order chi connectivity index (χ1) is 12.0. The molecule has 2 rings (SSSR count). The van der Waals surface area contributed by atoms with Crippen LogP contribution in [0.4, 0.5) is 5.69 Å². The summed E-state index contributed by atoms with van der Waals surface area (Å²) in [5.74, 6) is 0.690. The van der Waals surface area contributed by atoms with Crippen LogP contribution in [0.25, 0.3) is 0 Å². The molecule has 1 atom stereocenters. The van der Waals surface area contributed by atoms with Crippen molar-refractivity contribution in [2.75, 3.05) is 25.0 Å². The molecule has 2 aromatic carbocycles. The minimum absolute atomic E-state index is 0.0803.